The summed E-state index contributed by atoms with van der Waals surface area (Å²) in [4.78, 5) is 36.6. The van der Waals surface area contributed by atoms with Gasteiger partial charge in [0, 0.05) is 18.9 Å². The minimum absolute atomic E-state index is 0.0191. The van der Waals surface area contributed by atoms with Crippen LogP contribution in [0.15, 0.2) is 48.5 Å². The zero-order valence-corrected chi connectivity index (χ0v) is 18.7. The Balaban J connectivity index is 1.36. The first kappa shape index (κ1) is 23.3. The van der Waals surface area contributed by atoms with Crippen LogP contribution in [-0.4, -0.2) is 54.5 Å². The second kappa shape index (κ2) is 10.4. The number of ether oxygens (including phenoxy) is 2. The molecule has 8 heteroatoms. The molecule has 0 bridgehead atoms. The lowest BCUT2D eigenvalue weighted by Crippen LogP contribution is -2.52. The molecule has 176 valence electrons. The molecule has 1 saturated heterocycles. The van der Waals surface area contributed by atoms with Crippen molar-refractivity contribution < 1.29 is 29.0 Å². The molecule has 2 aromatic rings. The number of carbonyl (C=O) groups excluding carboxylic acids is 2. The molecule has 2 aliphatic rings. The average Bonchev–Trinajstić information content (AvgIpc) is 3.42. The van der Waals surface area contributed by atoms with Crippen molar-refractivity contribution in [2.45, 2.75) is 43.9 Å². The molecular weight excluding hydrogens is 436 g/mol. The van der Waals surface area contributed by atoms with E-state index in [2.05, 4.69) is 34.6 Å². The normalized spacial score (nSPS) is 19.2. The van der Waals surface area contributed by atoms with Gasteiger partial charge in [0.1, 0.15) is 12.6 Å². The number of alkyl carbamates (subject to hydrolysis) is 1. The van der Waals surface area contributed by atoms with E-state index in [1.54, 1.807) is 6.92 Å². The number of aliphatic carboxylic acids is 1. The fourth-order valence-corrected chi connectivity index (χ4v) is 4.45. The molecular formula is C26H26N2O6. The van der Waals surface area contributed by atoms with E-state index >= 15 is 0 Å². The molecule has 0 spiro atoms. The first-order chi connectivity index (χ1) is 16.5. The number of rotatable bonds is 7. The SMILES string of the molecule is CC#CCC(NC(=O)C1OCCC1NC(=O)OCC1c2ccccc2-c2ccccc21)C(=O)O. The first-order valence-corrected chi connectivity index (χ1v) is 11.2. The predicted molar refractivity (Wildman–Crippen MR) is 124 cm³/mol. The van der Waals surface area contributed by atoms with Gasteiger partial charge in [0.2, 0.25) is 0 Å². The molecule has 2 amide bonds. The Morgan fingerprint density at radius 1 is 1.12 bits per heavy atom. The fourth-order valence-electron chi connectivity index (χ4n) is 4.45. The van der Waals surface area contributed by atoms with Crippen LogP contribution >= 0.6 is 0 Å². The Labute approximate surface area is 197 Å². The van der Waals surface area contributed by atoms with Crippen molar-refractivity contribution in [3.8, 4) is 23.0 Å². The minimum Gasteiger partial charge on any atom is -0.480 e. The minimum atomic E-state index is -1.19. The van der Waals surface area contributed by atoms with Crippen LogP contribution in [0.3, 0.4) is 0 Å². The molecule has 0 saturated carbocycles. The van der Waals surface area contributed by atoms with Gasteiger partial charge in [-0.25, -0.2) is 9.59 Å². The summed E-state index contributed by atoms with van der Waals surface area (Å²) >= 11 is 0. The van der Waals surface area contributed by atoms with Crippen molar-refractivity contribution in [3.63, 3.8) is 0 Å². The van der Waals surface area contributed by atoms with Crippen LogP contribution in [0.25, 0.3) is 11.1 Å². The van der Waals surface area contributed by atoms with Gasteiger partial charge in [-0.15, -0.1) is 11.8 Å². The van der Waals surface area contributed by atoms with Gasteiger partial charge in [-0.2, -0.15) is 0 Å². The summed E-state index contributed by atoms with van der Waals surface area (Å²) in [7, 11) is 0. The third-order valence-electron chi connectivity index (χ3n) is 6.09. The van der Waals surface area contributed by atoms with Crippen molar-refractivity contribution in [1.29, 1.82) is 0 Å². The highest BCUT2D eigenvalue weighted by Crippen LogP contribution is 2.44. The molecule has 0 aromatic heterocycles. The predicted octanol–water partition coefficient (Wildman–Crippen LogP) is 2.67. The van der Waals surface area contributed by atoms with Gasteiger partial charge in [0.05, 0.1) is 6.04 Å². The Bertz CT molecular complexity index is 1110. The lowest BCUT2D eigenvalue weighted by molar-refractivity contribution is -0.143. The summed E-state index contributed by atoms with van der Waals surface area (Å²) in [6, 6.07) is 14.3. The number of benzene rings is 2. The van der Waals surface area contributed by atoms with E-state index in [9.17, 15) is 19.5 Å². The van der Waals surface area contributed by atoms with Crippen LogP contribution < -0.4 is 10.6 Å². The van der Waals surface area contributed by atoms with Crippen molar-refractivity contribution in [2.24, 2.45) is 0 Å². The maximum atomic E-state index is 12.6. The Morgan fingerprint density at radius 2 is 1.76 bits per heavy atom. The van der Waals surface area contributed by atoms with E-state index in [4.69, 9.17) is 9.47 Å². The molecule has 8 nitrogen and oxygen atoms in total. The summed E-state index contributed by atoms with van der Waals surface area (Å²) in [6.45, 7) is 2.01. The third kappa shape index (κ3) is 4.90. The van der Waals surface area contributed by atoms with Crippen LogP contribution in [0.1, 0.15) is 36.8 Å². The molecule has 4 rings (SSSR count). The topological polar surface area (TPSA) is 114 Å². The molecule has 0 radical (unpaired) electrons. The monoisotopic (exact) mass is 462 g/mol. The van der Waals surface area contributed by atoms with Gasteiger partial charge in [-0.3, -0.25) is 4.79 Å². The maximum Gasteiger partial charge on any atom is 0.407 e. The van der Waals surface area contributed by atoms with Crippen molar-refractivity contribution in [1.82, 2.24) is 10.6 Å². The van der Waals surface area contributed by atoms with Crippen LogP contribution in [0.4, 0.5) is 4.79 Å². The number of amides is 2. The largest absolute Gasteiger partial charge is 0.480 e. The number of fused-ring (bicyclic) bond motifs is 3. The Morgan fingerprint density at radius 3 is 2.38 bits per heavy atom. The zero-order valence-electron chi connectivity index (χ0n) is 18.7. The Kier molecular flexibility index (Phi) is 7.14. The van der Waals surface area contributed by atoms with Crippen LogP contribution in [0.2, 0.25) is 0 Å². The first-order valence-electron chi connectivity index (χ1n) is 11.2. The zero-order chi connectivity index (χ0) is 24.1. The summed E-state index contributed by atoms with van der Waals surface area (Å²) in [6.07, 6.45) is -1.26. The molecule has 2 aromatic carbocycles. The molecule has 1 aliphatic heterocycles. The van der Waals surface area contributed by atoms with Gasteiger partial charge in [0.25, 0.3) is 5.91 Å². The second-order valence-corrected chi connectivity index (χ2v) is 8.19. The average molecular weight is 463 g/mol. The number of carboxylic acids is 1. The molecule has 3 N–H and O–H groups in total. The van der Waals surface area contributed by atoms with Gasteiger partial charge in [-0.05, 0) is 35.6 Å². The summed E-state index contributed by atoms with van der Waals surface area (Å²) in [5.41, 5.74) is 4.48. The van der Waals surface area contributed by atoms with E-state index in [0.717, 1.165) is 22.3 Å². The summed E-state index contributed by atoms with van der Waals surface area (Å²) in [5.74, 6) is 3.40. The molecule has 1 fully saturated rings. The number of carboxylic acid groups (broad SMARTS) is 1. The van der Waals surface area contributed by atoms with E-state index in [0.29, 0.717) is 6.42 Å². The fraction of sp³-hybridized carbons (Fsp3) is 0.346. The smallest absolute Gasteiger partial charge is 0.407 e. The molecule has 34 heavy (non-hydrogen) atoms. The van der Waals surface area contributed by atoms with E-state index in [1.165, 1.54) is 0 Å². The lowest BCUT2D eigenvalue weighted by Gasteiger charge is -2.21. The van der Waals surface area contributed by atoms with Crippen molar-refractivity contribution >= 4 is 18.0 Å². The summed E-state index contributed by atoms with van der Waals surface area (Å²) in [5, 5.41) is 14.4. The van der Waals surface area contributed by atoms with Crippen LogP contribution in [0.5, 0.6) is 0 Å². The Hall–Kier alpha value is -3.83. The maximum absolute atomic E-state index is 12.6. The highest BCUT2D eigenvalue weighted by atomic mass is 16.6. The van der Waals surface area contributed by atoms with E-state index in [-0.39, 0.29) is 25.6 Å². The molecule has 1 heterocycles. The van der Waals surface area contributed by atoms with Gasteiger partial charge >= 0.3 is 12.1 Å². The van der Waals surface area contributed by atoms with Crippen molar-refractivity contribution in [2.75, 3.05) is 13.2 Å². The quantitative estimate of drug-likeness (QED) is 0.545. The van der Waals surface area contributed by atoms with E-state index < -0.39 is 36.2 Å². The highest BCUT2D eigenvalue weighted by Gasteiger charge is 2.37. The summed E-state index contributed by atoms with van der Waals surface area (Å²) < 4.78 is 11.0. The van der Waals surface area contributed by atoms with Gasteiger partial charge in [0.15, 0.2) is 6.10 Å². The number of hydrogen-bond donors (Lipinski definition) is 3. The standard InChI is InChI=1S/C26H26N2O6/c1-2-3-12-22(25(30)31)27-24(29)23-21(13-14-33-23)28-26(32)34-15-20-18-10-6-4-8-16(18)17-9-5-7-11-19(17)20/h4-11,20-23H,12-15H2,1H3,(H,27,29)(H,28,32)(H,30,31). The lowest BCUT2D eigenvalue weighted by atomic mass is 9.98. The number of hydrogen-bond acceptors (Lipinski definition) is 5. The van der Waals surface area contributed by atoms with Crippen LogP contribution in [0, 0.1) is 11.8 Å². The van der Waals surface area contributed by atoms with Gasteiger partial charge in [-0.1, -0.05) is 48.5 Å². The molecule has 3 unspecified atom stereocenters. The van der Waals surface area contributed by atoms with Gasteiger partial charge < -0.3 is 25.2 Å². The van der Waals surface area contributed by atoms with Crippen LogP contribution in [-0.2, 0) is 19.1 Å². The number of carbonyl (C=O) groups is 3. The molecule has 1 aliphatic carbocycles. The molecule has 3 atom stereocenters. The second-order valence-electron chi connectivity index (χ2n) is 8.19. The number of nitrogens with one attached hydrogen (secondary N) is 2. The van der Waals surface area contributed by atoms with E-state index in [1.807, 2.05) is 36.4 Å². The van der Waals surface area contributed by atoms with Crippen molar-refractivity contribution in [3.05, 3.63) is 59.7 Å². The highest BCUT2D eigenvalue weighted by molar-refractivity contribution is 5.87. The third-order valence-corrected chi connectivity index (χ3v) is 6.09.